The van der Waals surface area contributed by atoms with E-state index in [-0.39, 0.29) is 12.3 Å². The standard InChI is InChI=1S/C21H23ClFN3O3S/c1-26-7-4-13-10-15(23)16(11-14(13)5-8-26)24-20(28)21(6-9-29-12-21)25-19(27)17-2-3-18(22)30-17/h2-3,10-11H,4-9,12H2,1H3,(H,24,28)(H,25,27)/t21-/m1/s1. The van der Waals surface area contributed by atoms with Crippen molar-refractivity contribution in [1.82, 2.24) is 10.2 Å². The molecule has 30 heavy (non-hydrogen) atoms. The third-order valence-corrected chi connectivity index (χ3v) is 6.90. The number of rotatable bonds is 4. The summed E-state index contributed by atoms with van der Waals surface area (Å²) in [6, 6.07) is 6.45. The summed E-state index contributed by atoms with van der Waals surface area (Å²) in [5.74, 6) is -1.37. The Morgan fingerprint density at radius 3 is 2.60 bits per heavy atom. The van der Waals surface area contributed by atoms with Crippen LogP contribution in [0.3, 0.4) is 0 Å². The smallest absolute Gasteiger partial charge is 0.262 e. The molecule has 2 aliphatic heterocycles. The van der Waals surface area contributed by atoms with Crippen LogP contribution in [0, 0.1) is 5.82 Å². The van der Waals surface area contributed by atoms with Gasteiger partial charge in [0.1, 0.15) is 11.4 Å². The topological polar surface area (TPSA) is 70.7 Å². The summed E-state index contributed by atoms with van der Waals surface area (Å²) in [6.07, 6.45) is 1.87. The van der Waals surface area contributed by atoms with Crippen molar-refractivity contribution in [3.8, 4) is 0 Å². The molecule has 1 fully saturated rings. The molecule has 1 saturated heterocycles. The Bertz CT molecular complexity index is 974. The number of hydrogen-bond acceptors (Lipinski definition) is 5. The Kier molecular flexibility index (Phi) is 6.11. The molecule has 4 rings (SSSR count). The molecule has 0 spiro atoms. The first-order valence-electron chi connectivity index (χ1n) is 9.83. The number of carbonyl (C=O) groups excluding carboxylic acids is 2. The number of thiophene rings is 1. The van der Waals surface area contributed by atoms with Gasteiger partial charge in [-0.15, -0.1) is 11.3 Å². The highest BCUT2D eigenvalue weighted by molar-refractivity contribution is 7.18. The molecule has 0 bridgehead atoms. The summed E-state index contributed by atoms with van der Waals surface area (Å²) in [5, 5.41) is 5.48. The molecule has 2 aliphatic rings. The van der Waals surface area contributed by atoms with E-state index >= 15 is 0 Å². The summed E-state index contributed by atoms with van der Waals surface area (Å²) < 4.78 is 20.6. The molecule has 3 heterocycles. The van der Waals surface area contributed by atoms with Gasteiger partial charge in [0, 0.05) is 26.1 Å². The molecule has 2 N–H and O–H groups in total. The second-order valence-corrected chi connectivity index (χ2v) is 9.52. The van der Waals surface area contributed by atoms with E-state index in [0.29, 0.717) is 22.2 Å². The minimum absolute atomic E-state index is 0.0288. The lowest BCUT2D eigenvalue weighted by Gasteiger charge is -2.27. The van der Waals surface area contributed by atoms with Crippen molar-refractivity contribution in [2.24, 2.45) is 0 Å². The molecule has 1 atom stereocenters. The second kappa shape index (κ2) is 8.63. The van der Waals surface area contributed by atoms with E-state index in [1.165, 1.54) is 6.07 Å². The van der Waals surface area contributed by atoms with Crippen LogP contribution in [0.1, 0.15) is 27.2 Å². The highest BCUT2D eigenvalue weighted by atomic mass is 35.5. The lowest BCUT2D eigenvalue weighted by Crippen LogP contribution is -2.57. The van der Waals surface area contributed by atoms with Gasteiger partial charge in [-0.2, -0.15) is 0 Å². The van der Waals surface area contributed by atoms with E-state index in [1.54, 1.807) is 18.2 Å². The van der Waals surface area contributed by atoms with Crippen LogP contribution in [0.15, 0.2) is 24.3 Å². The number of likely N-dealkylation sites (N-methyl/N-ethyl adjacent to an activating group) is 1. The van der Waals surface area contributed by atoms with Crippen LogP contribution in [0.2, 0.25) is 4.34 Å². The van der Waals surface area contributed by atoms with Crippen LogP contribution in [0.4, 0.5) is 10.1 Å². The number of nitrogens with zero attached hydrogens (tertiary/aromatic N) is 1. The minimum atomic E-state index is -1.26. The van der Waals surface area contributed by atoms with Gasteiger partial charge in [-0.25, -0.2) is 4.39 Å². The zero-order valence-electron chi connectivity index (χ0n) is 16.6. The molecule has 1 aromatic carbocycles. The zero-order valence-corrected chi connectivity index (χ0v) is 18.2. The Hall–Kier alpha value is -2.00. The molecule has 0 aliphatic carbocycles. The fraction of sp³-hybridized carbons (Fsp3) is 0.429. The Morgan fingerprint density at radius 1 is 1.23 bits per heavy atom. The second-order valence-electron chi connectivity index (χ2n) is 7.80. The molecule has 1 aromatic heterocycles. The lowest BCUT2D eigenvalue weighted by atomic mass is 9.96. The third-order valence-electron chi connectivity index (χ3n) is 5.67. The quantitative estimate of drug-likeness (QED) is 0.749. The number of hydrogen-bond donors (Lipinski definition) is 2. The number of nitrogens with one attached hydrogen (secondary N) is 2. The predicted molar refractivity (Wildman–Crippen MR) is 115 cm³/mol. The van der Waals surface area contributed by atoms with Crippen LogP contribution >= 0.6 is 22.9 Å². The van der Waals surface area contributed by atoms with Crippen molar-refractivity contribution in [2.45, 2.75) is 24.8 Å². The van der Waals surface area contributed by atoms with Crippen LogP contribution in [-0.2, 0) is 22.4 Å². The largest absolute Gasteiger partial charge is 0.378 e. The van der Waals surface area contributed by atoms with Crippen molar-refractivity contribution in [1.29, 1.82) is 0 Å². The Labute approximate surface area is 183 Å². The molecule has 2 aromatic rings. The highest BCUT2D eigenvalue weighted by Crippen LogP contribution is 2.28. The number of benzene rings is 1. The summed E-state index contributed by atoms with van der Waals surface area (Å²) in [4.78, 5) is 28.4. The molecular weight excluding hydrogens is 429 g/mol. The molecular formula is C21H23ClFN3O3S. The monoisotopic (exact) mass is 451 g/mol. The van der Waals surface area contributed by atoms with Gasteiger partial charge < -0.3 is 20.3 Å². The van der Waals surface area contributed by atoms with E-state index < -0.39 is 23.2 Å². The fourth-order valence-corrected chi connectivity index (χ4v) is 4.75. The summed E-state index contributed by atoms with van der Waals surface area (Å²) in [5.41, 5.74) is 0.872. The fourth-order valence-electron chi connectivity index (χ4n) is 3.81. The van der Waals surface area contributed by atoms with Gasteiger partial charge in [-0.3, -0.25) is 9.59 Å². The molecule has 0 unspecified atom stereocenters. The maximum atomic E-state index is 14.7. The number of ether oxygens (including phenoxy) is 1. The number of fused-ring (bicyclic) bond motifs is 1. The molecule has 160 valence electrons. The average Bonchev–Trinajstić information content (AvgIpc) is 3.32. The van der Waals surface area contributed by atoms with Gasteiger partial charge in [0.15, 0.2) is 0 Å². The van der Waals surface area contributed by atoms with E-state index in [0.717, 1.165) is 48.4 Å². The van der Waals surface area contributed by atoms with Gasteiger partial charge >= 0.3 is 0 Å². The Balaban J connectivity index is 1.54. The summed E-state index contributed by atoms with van der Waals surface area (Å²) in [7, 11) is 2.04. The number of halogens is 2. The van der Waals surface area contributed by atoms with Crippen molar-refractivity contribution >= 4 is 40.4 Å². The SMILES string of the molecule is CN1CCc2cc(F)c(NC(=O)[C@@]3(NC(=O)c4ccc(Cl)s4)CCOC3)cc2CC1. The van der Waals surface area contributed by atoms with E-state index in [1.807, 2.05) is 7.05 Å². The van der Waals surface area contributed by atoms with E-state index in [4.69, 9.17) is 16.3 Å². The number of carbonyl (C=O) groups is 2. The molecule has 2 amide bonds. The van der Waals surface area contributed by atoms with Gasteiger partial charge in [-0.05, 0) is 55.3 Å². The van der Waals surface area contributed by atoms with Crippen LogP contribution in [-0.4, -0.2) is 55.6 Å². The first-order chi connectivity index (χ1) is 14.4. The van der Waals surface area contributed by atoms with Crippen molar-refractivity contribution < 1.29 is 18.7 Å². The van der Waals surface area contributed by atoms with Crippen LogP contribution < -0.4 is 10.6 Å². The lowest BCUT2D eigenvalue weighted by molar-refractivity contribution is -0.122. The molecule has 0 radical (unpaired) electrons. The Morgan fingerprint density at radius 2 is 1.97 bits per heavy atom. The molecule has 6 nitrogen and oxygen atoms in total. The average molecular weight is 452 g/mol. The number of anilines is 1. The first-order valence-corrected chi connectivity index (χ1v) is 11.0. The third kappa shape index (κ3) is 4.37. The predicted octanol–water partition coefficient (Wildman–Crippen LogP) is 3.10. The zero-order chi connectivity index (χ0) is 21.3. The molecule has 9 heteroatoms. The first kappa shape index (κ1) is 21.2. The van der Waals surface area contributed by atoms with E-state index in [9.17, 15) is 14.0 Å². The minimum Gasteiger partial charge on any atom is -0.378 e. The summed E-state index contributed by atoms with van der Waals surface area (Å²) >= 11 is 7.04. The van der Waals surface area contributed by atoms with Gasteiger partial charge in [-0.1, -0.05) is 11.6 Å². The van der Waals surface area contributed by atoms with Crippen LogP contribution in [0.25, 0.3) is 0 Å². The number of amides is 2. The molecule has 0 saturated carbocycles. The summed E-state index contributed by atoms with van der Waals surface area (Å²) in [6.45, 7) is 2.11. The van der Waals surface area contributed by atoms with Gasteiger partial charge in [0.25, 0.3) is 11.8 Å². The van der Waals surface area contributed by atoms with Gasteiger partial charge in [0.05, 0.1) is 21.5 Å². The normalized spacial score (nSPS) is 21.7. The highest BCUT2D eigenvalue weighted by Gasteiger charge is 2.44. The van der Waals surface area contributed by atoms with E-state index in [2.05, 4.69) is 15.5 Å². The van der Waals surface area contributed by atoms with Crippen molar-refractivity contribution in [3.05, 3.63) is 50.4 Å². The van der Waals surface area contributed by atoms with Crippen LogP contribution in [0.5, 0.6) is 0 Å². The maximum Gasteiger partial charge on any atom is 0.262 e. The van der Waals surface area contributed by atoms with Crippen molar-refractivity contribution in [2.75, 3.05) is 38.7 Å². The maximum absolute atomic E-state index is 14.7. The van der Waals surface area contributed by atoms with Gasteiger partial charge in [0.2, 0.25) is 0 Å². The van der Waals surface area contributed by atoms with Crippen molar-refractivity contribution in [3.63, 3.8) is 0 Å².